The van der Waals surface area contributed by atoms with Gasteiger partial charge in [-0.1, -0.05) is 31.2 Å². The lowest BCUT2D eigenvalue weighted by Gasteiger charge is -2.39. The maximum atomic E-state index is 15.8. The fourth-order valence-electron chi connectivity index (χ4n) is 21.6. The van der Waals surface area contributed by atoms with Gasteiger partial charge in [0.15, 0.2) is 0 Å². The number of rotatable bonds is 16. The largest absolute Gasteiger partial charge is 0.469 e. The van der Waals surface area contributed by atoms with E-state index in [-0.39, 0.29) is 98.6 Å². The van der Waals surface area contributed by atoms with E-state index in [2.05, 4.69) is 39.0 Å². The maximum absolute atomic E-state index is 15.8. The van der Waals surface area contributed by atoms with E-state index < -0.39 is 111 Å². The second-order valence-corrected chi connectivity index (χ2v) is 27.6. The van der Waals surface area contributed by atoms with E-state index in [9.17, 15) is 53.5 Å². The van der Waals surface area contributed by atoms with Crippen molar-refractivity contribution in [2.75, 3.05) is 14.2 Å². The Morgan fingerprint density at radius 2 is 1.00 bits per heavy atom. The lowest BCUT2D eigenvalue weighted by Crippen LogP contribution is -2.59. The SMILES string of the molecule is COC(=O)CCCC1(c2ncc(C(F)(F)C(F)(F)C(F)(F)C(F)(F)F)cn2)C2=C1C1=c3ccc4c5ccc6c7c8c9c%10c%11c%12c(c3c4c(c%129)c75)C1C1C2=C2C(=C%111)C1C=%10C3C(C4=C(C6C83)C4(CCCC(=O)OC)c3ncc(C(F)(F)C(F)(F)C(F)(F)C(F)(F)F)cn3)C1C2C. The summed E-state index contributed by atoms with van der Waals surface area (Å²) in [5.41, 5.74) is 5.88. The molecular weight excluding hydrogens is 1280 g/mol. The van der Waals surface area contributed by atoms with Crippen LogP contribution in [0.3, 0.4) is 0 Å². The zero-order valence-electron chi connectivity index (χ0n) is 48.3. The van der Waals surface area contributed by atoms with Gasteiger partial charge in [-0.3, -0.25) is 9.59 Å². The number of esters is 2. The quantitative estimate of drug-likeness (QED) is 0.0408. The normalized spacial score (nSPS) is 29.2. The van der Waals surface area contributed by atoms with E-state index in [0.29, 0.717) is 11.1 Å². The van der Waals surface area contributed by atoms with Crippen LogP contribution in [0.2, 0.25) is 0 Å². The van der Waals surface area contributed by atoms with Crippen molar-refractivity contribution in [3.05, 3.63) is 144 Å². The third-order valence-electron chi connectivity index (χ3n) is 24.5. The number of halogens is 18. The van der Waals surface area contributed by atoms with E-state index in [4.69, 9.17) is 9.47 Å². The van der Waals surface area contributed by atoms with Crippen molar-refractivity contribution in [1.82, 2.24) is 19.9 Å². The Hall–Kier alpha value is -8.06. The molecule has 0 N–H and O–H groups in total. The molecule has 8 aromatic rings. The zero-order valence-corrected chi connectivity index (χ0v) is 48.3. The number of aromatic nitrogens is 4. The van der Waals surface area contributed by atoms with Crippen LogP contribution in [0.25, 0.3) is 70.6 Å². The molecule has 0 amide bonds. The van der Waals surface area contributed by atoms with Gasteiger partial charge >= 0.3 is 59.8 Å². The molecule has 0 saturated heterocycles. The minimum absolute atomic E-state index is 0.00275. The van der Waals surface area contributed by atoms with Crippen molar-refractivity contribution in [2.45, 2.75) is 122 Å². The summed E-state index contributed by atoms with van der Waals surface area (Å²) < 4.78 is 272. The molecular formula is C68H38F18N4O4. The van der Waals surface area contributed by atoms with Crippen LogP contribution >= 0.6 is 0 Å². The Morgan fingerprint density at radius 3 is 1.56 bits per heavy atom. The standard InChI is InChI=1S/C68H38F18N4O4/c1-18-27-35-36-28(18)52-50-41-34(54-56(52)60(54,13-5-7-26(92)94-3)58-89-16-20(17-90-58)62(71,72)64(75,76)66(79,80)68(84,85)86)24-11-9-22-21-8-10-23-31-29(21)37-30(22)32(24)39(41)46-44(37)45-38(31)40-33(23)53-55(51(27)49(40)42(35)47(45)48(46)43(36)50)59(53,12-4-6-25(91)93-2)57-87-14-19(15-88-57)61(69,70)63(73,74)65(77,78)67(81,82)83/h8-11,14-18,27,33,35,40-41,49-51H,4-7,12-13H2,1-3H3. The fraction of sp³-hybridized carbons (Fsp3) is 0.412. The summed E-state index contributed by atoms with van der Waals surface area (Å²) in [7, 11) is 2.35. The molecule has 0 bridgehead atoms. The monoisotopic (exact) mass is 1320 g/mol. The van der Waals surface area contributed by atoms with E-state index in [0.717, 1.165) is 126 Å². The van der Waals surface area contributed by atoms with Crippen molar-refractivity contribution >= 4 is 82.5 Å². The van der Waals surface area contributed by atoms with E-state index in [1.54, 1.807) is 0 Å². The molecule has 0 radical (unpaired) electrons. The van der Waals surface area contributed by atoms with Gasteiger partial charge in [-0.2, -0.15) is 79.0 Å². The molecule has 12 aliphatic rings. The lowest BCUT2D eigenvalue weighted by molar-refractivity contribution is -0.399. The second kappa shape index (κ2) is 15.7. The zero-order chi connectivity index (χ0) is 65.8. The number of methoxy groups -OCH3 is 2. The number of alkyl halides is 18. The highest BCUT2D eigenvalue weighted by molar-refractivity contribution is 6.47. The van der Waals surface area contributed by atoms with Gasteiger partial charge in [0.05, 0.1) is 36.2 Å². The van der Waals surface area contributed by atoms with Gasteiger partial charge in [0.2, 0.25) is 0 Å². The summed E-state index contributed by atoms with van der Waals surface area (Å²) in [4.78, 5) is 43.2. The van der Waals surface area contributed by atoms with Gasteiger partial charge < -0.3 is 9.47 Å². The molecule has 0 aliphatic heterocycles. The first-order valence-electron chi connectivity index (χ1n) is 30.5. The van der Waals surface area contributed by atoms with E-state index in [1.165, 1.54) is 19.8 Å². The predicted octanol–water partition coefficient (Wildman–Crippen LogP) is 14.8. The molecule has 11 atom stereocenters. The van der Waals surface area contributed by atoms with Crippen LogP contribution in [0.1, 0.15) is 108 Å². The van der Waals surface area contributed by atoms with Gasteiger partial charge in [0, 0.05) is 67.2 Å². The molecule has 6 aromatic carbocycles. The highest BCUT2D eigenvalue weighted by Gasteiger charge is 2.84. The average molecular weight is 1320 g/mol. The van der Waals surface area contributed by atoms with Crippen LogP contribution in [-0.2, 0) is 41.7 Å². The second-order valence-electron chi connectivity index (χ2n) is 27.6. The highest BCUT2D eigenvalue weighted by atomic mass is 19.4. The summed E-state index contributed by atoms with van der Waals surface area (Å²) in [5, 5.41) is 11.9. The van der Waals surface area contributed by atoms with Crippen LogP contribution in [0.15, 0.2) is 88.1 Å². The Kier molecular flexibility index (Phi) is 9.43. The van der Waals surface area contributed by atoms with Crippen molar-refractivity contribution in [3.8, 4) is 0 Å². The Labute approximate surface area is 514 Å². The van der Waals surface area contributed by atoms with Crippen molar-refractivity contribution in [1.29, 1.82) is 0 Å². The molecule has 480 valence electrons. The first kappa shape index (κ1) is 56.3. The molecule has 2 saturated carbocycles. The van der Waals surface area contributed by atoms with Crippen LogP contribution in [0.4, 0.5) is 79.0 Å². The molecule has 2 heterocycles. The van der Waals surface area contributed by atoms with E-state index in [1.807, 2.05) is 12.1 Å². The number of allylic oxidation sites excluding steroid dienone is 8. The van der Waals surface area contributed by atoms with Gasteiger partial charge in [-0.25, -0.2) is 19.9 Å². The molecule has 94 heavy (non-hydrogen) atoms. The summed E-state index contributed by atoms with van der Waals surface area (Å²) in [6, 6.07) is 8.20. The van der Waals surface area contributed by atoms with E-state index >= 15 is 35.1 Å². The first-order valence-corrected chi connectivity index (χ1v) is 30.5. The molecule has 8 nitrogen and oxygen atoms in total. The third kappa shape index (κ3) is 5.30. The number of ether oxygens (including phenoxy) is 2. The fourth-order valence-corrected chi connectivity index (χ4v) is 21.6. The van der Waals surface area contributed by atoms with Crippen LogP contribution in [0.5, 0.6) is 0 Å². The molecule has 2 fully saturated rings. The number of hydrogen-bond acceptors (Lipinski definition) is 8. The number of fused-ring (bicyclic) bond motifs is 7. The van der Waals surface area contributed by atoms with Crippen LogP contribution in [-0.4, -0.2) is 82.1 Å². The molecule has 11 unspecified atom stereocenters. The van der Waals surface area contributed by atoms with Gasteiger partial charge in [0.1, 0.15) is 11.6 Å². The molecule has 12 aliphatic carbocycles. The minimum Gasteiger partial charge on any atom is -0.469 e. The maximum Gasteiger partial charge on any atom is 0.460 e. The van der Waals surface area contributed by atoms with Gasteiger partial charge in [0.25, 0.3) is 0 Å². The molecule has 2 aromatic heterocycles. The summed E-state index contributed by atoms with van der Waals surface area (Å²) in [5.74, 6) is -46.1. The Bertz CT molecular complexity index is 5350. The van der Waals surface area contributed by atoms with Crippen molar-refractivity contribution < 1.29 is 98.1 Å². The number of nitrogens with zero attached hydrogens (tertiary/aromatic N) is 4. The van der Waals surface area contributed by atoms with Crippen molar-refractivity contribution in [3.63, 3.8) is 0 Å². The summed E-state index contributed by atoms with van der Waals surface area (Å²) in [6.07, 6.45) is -14.0. The Balaban J connectivity index is 0.841. The first-order chi connectivity index (χ1) is 44.2. The van der Waals surface area contributed by atoms with Gasteiger partial charge in [-0.05, 0) is 192 Å². The number of benzene rings is 4. The lowest BCUT2D eigenvalue weighted by atomic mass is 9.63. The topological polar surface area (TPSA) is 104 Å². The van der Waals surface area contributed by atoms with Gasteiger partial charge in [-0.15, -0.1) is 0 Å². The number of carbonyl (C=O) groups is 2. The number of hydrogen-bond donors (Lipinski definition) is 0. The molecule has 20 rings (SSSR count). The average Bonchev–Trinajstić information content (AvgIpc) is 1.42. The van der Waals surface area contributed by atoms with Crippen LogP contribution < -0.4 is 10.4 Å². The van der Waals surface area contributed by atoms with Crippen molar-refractivity contribution in [2.24, 2.45) is 35.5 Å². The smallest absolute Gasteiger partial charge is 0.460 e. The molecule has 0 spiro atoms. The third-order valence-corrected chi connectivity index (χ3v) is 24.5. The predicted molar refractivity (Wildman–Crippen MR) is 295 cm³/mol. The minimum atomic E-state index is -7.21. The highest BCUT2D eigenvalue weighted by Crippen LogP contribution is 2.87. The number of carbonyl (C=O) groups excluding carboxylic acids is 2. The Morgan fingerprint density at radius 1 is 0.479 bits per heavy atom. The molecule has 26 heteroatoms. The summed E-state index contributed by atoms with van der Waals surface area (Å²) in [6.45, 7) is 2.07. The van der Waals surface area contributed by atoms with Crippen LogP contribution in [0, 0.1) is 35.5 Å². The summed E-state index contributed by atoms with van der Waals surface area (Å²) >= 11 is 0.